The number of nitrogens with one attached hydrogen (secondary N) is 1. The van der Waals surface area contributed by atoms with Gasteiger partial charge in [0.1, 0.15) is 0 Å². The SMILES string of the molecule is O=C(c1ccco1)c1c[nH]c2cc([N+](=O)[O-])ccc12. The molecule has 0 fully saturated rings. The Balaban J connectivity index is 2.11. The van der Waals surface area contributed by atoms with Gasteiger partial charge in [0, 0.05) is 23.7 Å². The number of rotatable bonds is 3. The smallest absolute Gasteiger partial charge is 0.271 e. The van der Waals surface area contributed by atoms with E-state index < -0.39 is 4.92 Å². The molecule has 2 aromatic heterocycles. The number of carbonyl (C=O) groups is 1. The second-order valence-electron chi connectivity index (χ2n) is 4.00. The predicted octanol–water partition coefficient (Wildman–Crippen LogP) is 2.90. The molecule has 6 heteroatoms. The number of hydrogen-bond donors (Lipinski definition) is 1. The van der Waals surface area contributed by atoms with Gasteiger partial charge in [-0.05, 0) is 18.2 Å². The summed E-state index contributed by atoms with van der Waals surface area (Å²) in [7, 11) is 0. The van der Waals surface area contributed by atoms with Crippen LogP contribution in [0, 0.1) is 10.1 Å². The molecule has 1 aromatic carbocycles. The number of furan rings is 1. The van der Waals surface area contributed by atoms with Gasteiger partial charge in [-0.15, -0.1) is 0 Å². The molecule has 0 saturated carbocycles. The normalized spacial score (nSPS) is 10.7. The molecule has 0 aliphatic carbocycles. The minimum atomic E-state index is -0.478. The highest BCUT2D eigenvalue weighted by atomic mass is 16.6. The van der Waals surface area contributed by atoms with Gasteiger partial charge in [0.2, 0.25) is 5.78 Å². The third kappa shape index (κ3) is 1.79. The number of hydrogen-bond acceptors (Lipinski definition) is 4. The molecule has 0 atom stereocenters. The number of aromatic amines is 1. The number of nitro groups is 1. The van der Waals surface area contributed by atoms with E-state index in [4.69, 9.17) is 4.42 Å². The van der Waals surface area contributed by atoms with Crippen molar-refractivity contribution in [3.63, 3.8) is 0 Å². The number of aromatic nitrogens is 1. The number of nitro benzene ring substituents is 1. The average Bonchev–Trinajstić information content (AvgIpc) is 3.06. The summed E-state index contributed by atoms with van der Waals surface area (Å²) in [6, 6.07) is 7.53. The van der Waals surface area contributed by atoms with Crippen molar-refractivity contribution >= 4 is 22.4 Å². The van der Waals surface area contributed by atoms with E-state index in [1.54, 1.807) is 18.2 Å². The molecule has 3 aromatic rings. The lowest BCUT2D eigenvalue weighted by Crippen LogP contribution is -1.98. The maximum Gasteiger partial charge on any atom is 0.271 e. The Hall–Kier alpha value is -2.89. The Kier molecular flexibility index (Phi) is 2.42. The van der Waals surface area contributed by atoms with Crippen LogP contribution in [0.15, 0.2) is 47.2 Å². The highest BCUT2D eigenvalue weighted by molar-refractivity contribution is 6.15. The Labute approximate surface area is 106 Å². The molecule has 1 N–H and O–H groups in total. The highest BCUT2D eigenvalue weighted by Gasteiger charge is 2.17. The first-order valence-corrected chi connectivity index (χ1v) is 5.50. The minimum Gasteiger partial charge on any atom is -0.461 e. The standard InChI is InChI=1S/C13H8N2O4/c16-13(12-2-1-5-19-12)10-7-14-11-6-8(15(17)18)3-4-9(10)11/h1-7,14H. The lowest BCUT2D eigenvalue weighted by atomic mass is 10.1. The predicted molar refractivity (Wildman–Crippen MR) is 67.1 cm³/mol. The molecule has 94 valence electrons. The largest absolute Gasteiger partial charge is 0.461 e. The van der Waals surface area contributed by atoms with Crippen LogP contribution in [0.25, 0.3) is 10.9 Å². The van der Waals surface area contributed by atoms with E-state index in [2.05, 4.69) is 4.98 Å². The van der Waals surface area contributed by atoms with E-state index in [1.807, 2.05) is 0 Å². The molecule has 3 rings (SSSR count). The zero-order chi connectivity index (χ0) is 13.4. The number of nitrogens with zero attached hydrogens (tertiary/aromatic N) is 1. The van der Waals surface area contributed by atoms with Gasteiger partial charge in [-0.3, -0.25) is 14.9 Å². The van der Waals surface area contributed by atoms with E-state index in [1.165, 1.54) is 24.6 Å². The highest BCUT2D eigenvalue weighted by Crippen LogP contribution is 2.25. The van der Waals surface area contributed by atoms with Gasteiger partial charge in [-0.1, -0.05) is 0 Å². The van der Waals surface area contributed by atoms with Gasteiger partial charge in [0.15, 0.2) is 5.76 Å². The summed E-state index contributed by atoms with van der Waals surface area (Å²) in [5.41, 5.74) is 0.954. The molecular formula is C13H8N2O4. The van der Waals surface area contributed by atoms with Crippen LogP contribution in [-0.2, 0) is 0 Å². The van der Waals surface area contributed by atoms with Crippen LogP contribution in [0.4, 0.5) is 5.69 Å². The minimum absolute atomic E-state index is 0.0219. The van der Waals surface area contributed by atoms with Crippen molar-refractivity contribution in [2.24, 2.45) is 0 Å². The van der Waals surface area contributed by atoms with Crippen molar-refractivity contribution in [1.82, 2.24) is 4.98 Å². The fraction of sp³-hybridized carbons (Fsp3) is 0. The van der Waals surface area contributed by atoms with Crippen LogP contribution >= 0.6 is 0 Å². The van der Waals surface area contributed by atoms with Crippen LogP contribution in [0.1, 0.15) is 16.1 Å². The third-order valence-corrected chi connectivity index (χ3v) is 2.87. The van der Waals surface area contributed by atoms with Crippen molar-refractivity contribution in [3.8, 4) is 0 Å². The lowest BCUT2D eigenvalue weighted by molar-refractivity contribution is -0.384. The van der Waals surface area contributed by atoms with E-state index in [-0.39, 0.29) is 17.2 Å². The first kappa shape index (κ1) is 11.2. The monoisotopic (exact) mass is 256 g/mol. The summed E-state index contributed by atoms with van der Waals surface area (Å²) >= 11 is 0. The van der Waals surface area contributed by atoms with Gasteiger partial charge in [-0.2, -0.15) is 0 Å². The van der Waals surface area contributed by atoms with Gasteiger partial charge >= 0.3 is 0 Å². The molecule has 19 heavy (non-hydrogen) atoms. The molecule has 0 spiro atoms. The van der Waals surface area contributed by atoms with E-state index in [9.17, 15) is 14.9 Å². The first-order valence-electron chi connectivity index (χ1n) is 5.50. The summed E-state index contributed by atoms with van der Waals surface area (Å²) in [5, 5.41) is 11.3. The summed E-state index contributed by atoms with van der Waals surface area (Å²) in [6.07, 6.45) is 2.95. The molecule has 0 aliphatic heterocycles. The second-order valence-corrected chi connectivity index (χ2v) is 4.00. The maximum absolute atomic E-state index is 12.2. The van der Waals surface area contributed by atoms with Crippen LogP contribution in [0.2, 0.25) is 0 Å². The zero-order valence-corrected chi connectivity index (χ0v) is 9.62. The number of carbonyl (C=O) groups excluding carboxylic acids is 1. The van der Waals surface area contributed by atoms with Gasteiger partial charge < -0.3 is 9.40 Å². The molecule has 2 heterocycles. The van der Waals surface area contributed by atoms with Crippen LogP contribution in [-0.4, -0.2) is 15.7 Å². The summed E-state index contributed by atoms with van der Waals surface area (Å²) < 4.78 is 5.06. The zero-order valence-electron chi connectivity index (χ0n) is 9.62. The fourth-order valence-electron chi connectivity index (χ4n) is 1.96. The Morgan fingerprint density at radius 1 is 1.32 bits per heavy atom. The van der Waals surface area contributed by atoms with Crippen molar-refractivity contribution in [1.29, 1.82) is 0 Å². The van der Waals surface area contributed by atoms with E-state index in [0.717, 1.165) is 0 Å². The maximum atomic E-state index is 12.2. The Morgan fingerprint density at radius 2 is 2.16 bits per heavy atom. The quantitative estimate of drug-likeness (QED) is 0.443. The number of non-ortho nitro benzene ring substituents is 1. The number of H-pyrrole nitrogens is 1. The van der Waals surface area contributed by atoms with Crippen LogP contribution < -0.4 is 0 Å². The average molecular weight is 256 g/mol. The fourth-order valence-corrected chi connectivity index (χ4v) is 1.96. The molecular weight excluding hydrogens is 248 g/mol. The number of ketones is 1. The topological polar surface area (TPSA) is 89.1 Å². The third-order valence-electron chi connectivity index (χ3n) is 2.87. The van der Waals surface area contributed by atoms with Crippen LogP contribution in [0.3, 0.4) is 0 Å². The van der Waals surface area contributed by atoms with Crippen molar-refractivity contribution < 1.29 is 14.1 Å². The first-order chi connectivity index (χ1) is 9.16. The molecule has 0 aliphatic rings. The molecule has 0 saturated heterocycles. The molecule has 0 unspecified atom stereocenters. The number of fused-ring (bicyclic) bond motifs is 1. The van der Waals surface area contributed by atoms with Gasteiger partial charge in [0.25, 0.3) is 5.69 Å². The number of benzene rings is 1. The molecule has 6 nitrogen and oxygen atoms in total. The van der Waals surface area contributed by atoms with Crippen molar-refractivity contribution in [2.45, 2.75) is 0 Å². The second kappa shape index (κ2) is 4.09. The van der Waals surface area contributed by atoms with Gasteiger partial charge in [0.05, 0.1) is 22.3 Å². The molecule has 0 radical (unpaired) electrons. The summed E-state index contributed by atoms with van der Waals surface area (Å²) in [6.45, 7) is 0. The van der Waals surface area contributed by atoms with Crippen molar-refractivity contribution in [2.75, 3.05) is 0 Å². The van der Waals surface area contributed by atoms with Crippen LogP contribution in [0.5, 0.6) is 0 Å². The molecule has 0 amide bonds. The Morgan fingerprint density at radius 3 is 2.84 bits per heavy atom. The molecule has 0 bridgehead atoms. The lowest BCUT2D eigenvalue weighted by Gasteiger charge is -1.96. The van der Waals surface area contributed by atoms with Gasteiger partial charge in [-0.25, -0.2) is 0 Å². The Bertz CT molecular complexity index is 771. The summed E-state index contributed by atoms with van der Waals surface area (Å²) in [4.78, 5) is 25.2. The van der Waals surface area contributed by atoms with E-state index >= 15 is 0 Å². The van der Waals surface area contributed by atoms with E-state index in [0.29, 0.717) is 16.5 Å². The summed E-state index contributed by atoms with van der Waals surface area (Å²) in [5.74, 6) is -0.0237. The van der Waals surface area contributed by atoms with Crippen molar-refractivity contribution in [3.05, 3.63) is 64.2 Å².